The van der Waals surface area contributed by atoms with E-state index in [1.165, 1.54) is 0 Å². The van der Waals surface area contributed by atoms with E-state index in [9.17, 15) is 106 Å². The summed E-state index contributed by atoms with van der Waals surface area (Å²) in [5.41, 5.74) is -1.64. The van der Waals surface area contributed by atoms with E-state index in [0.29, 0.717) is 12.8 Å². The van der Waals surface area contributed by atoms with Gasteiger partial charge in [0, 0.05) is 0 Å². The monoisotopic (exact) mass is 1240 g/mol. The van der Waals surface area contributed by atoms with Gasteiger partial charge in [-0.05, 0) is 54.4 Å². The molecule has 496 valence electrons. The summed E-state index contributed by atoms with van der Waals surface area (Å²) >= 11 is 0. The average molecular weight is 1240 g/mol. The van der Waals surface area contributed by atoms with E-state index < -0.39 is 234 Å². The Labute approximate surface area is 488 Å². The normalized spacial score (nSPS) is 39.7. The second kappa shape index (κ2) is 32.8. The van der Waals surface area contributed by atoms with E-state index in [4.69, 9.17) is 47.4 Å². The van der Waals surface area contributed by atoms with Crippen molar-refractivity contribution >= 4 is 24.0 Å². The molecule has 0 bridgehead atoms. The standard InChI is InChI=1S/C28H50N2O18.C22H40N2O13/c1-5-6-10(29-27(42)48-28(2,3)4)23(41)30-24-18(38)16(36)21(12(8-32)43-24)46-26-20(40)17(37)22(13(9-33)45-26)47-25-19(39)15(35)14(34)11(7-31)44-25;1-5-6-9(23-21(33)37-22(2,3)4)18(32)24-19-15(30)14(29)17(11(8-26)34-19)36-20-16(31)13(28)12(27)10(7-25)35-20/h10-22,24-26,31-40H,5-9H2,1-4H3,(H,29,42)(H,30,41);9-17,19-20,25-31H,5-8H2,1-4H3,(H,23,33)(H,24,32). The number of aliphatic hydroxyl groups excluding tert-OH is 17. The highest BCUT2D eigenvalue weighted by molar-refractivity contribution is 5.86. The fourth-order valence-electron chi connectivity index (χ4n) is 9.40. The quantitative estimate of drug-likeness (QED) is 0.0507. The molecule has 5 rings (SSSR count). The minimum atomic E-state index is -1.99. The molecular weight excluding hydrogens is 1150 g/mol. The van der Waals surface area contributed by atoms with Crippen molar-refractivity contribution in [1.29, 1.82) is 0 Å². The first-order valence-corrected chi connectivity index (χ1v) is 27.8. The summed E-state index contributed by atoms with van der Waals surface area (Å²) in [5, 5.41) is 183. The smallest absolute Gasteiger partial charge is 0.408 e. The zero-order valence-corrected chi connectivity index (χ0v) is 48.3. The van der Waals surface area contributed by atoms with Crippen LogP contribution in [0.5, 0.6) is 0 Å². The Morgan fingerprint density at radius 3 is 0.941 bits per heavy atom. The fourth-order valence-corrected chi connectivity index (χ4v) is 9.40. The maximum Gasteiger partial charge on any atom is 0.408 e. The molecule has 0 saturated carbocycles. The minimum Gasteiger partial charge on any atom is -0.444 e. The van der Waals surface area contributed by atoms with E-state index in [-0.39, 0.29) is 12.8 Å². The number of amides is 4. The van der Waals surface area contributed by atoms with Gasteiger partial charge in [-0.15, -0.1) is 0 Å². The maximum absolute atomic E-state index is 13.0. The van der Waals surface area contributed by atoms with Gasteiger partial charge in [0.2, 0.25) is 11.8 Å². The van der Waals surface area contributed by atoms with Gasteiger partial charge < -0.3 is 155 Å². The molecule has 35 heteroatoms. The second-order valence-electron chi connectivity index (χ2n) is 22.9. The predicted molar refractivity (Wildman–Crippen MR) is 278 cm³/mol. The van der Waals surface area contributed by atoms with Crippen molar-refractivity contribution in [1.82, 2.24) is 21.3 Å². The maximum atomic E-state index is 13.0. The largest absolute Gasteiger partial charge is 0.444 e. The molecule has 5 fully saturated rings. The average Bonchev–Trinajstić information content (AvgIpc) is 1.96. The van der Waals surface area contributed by atoms with Crippen molar-refractivity contribution < 1.29 is 153 Å². The Kier molecular flexibility index (Phi) is 28.5. The number of nitrogens with one attached hydrogen (secondary N) is 4. The van der Waals surface area contributed by atoms with Gasteiger partial charge in [-0.3, -0.25) is 9.59 Å². The summed E-state index contributed by atoms with van der Waals surface area (Å²) in [5.74, 6) is -1.53. The summed E-state index contributed by atoms with van der Waals surface area (Å²) < 4.78 is 54.2. The van der Waals surface area contributed by atoms with Crippen LogP contribution in [0.15, 0.2) is 0 Å². The third-order valence-electron chi connectivity index (χ3n) is 13.9. The van der Waals surface area contributed by atoms with Gasteiger partial charge in [0.1, 0.15) is 145 Å². The Bertz CT molecular complexity index is 2050. The van der Waals surface area contributed by atoms with Crippen molar-refractivity contribution in [3.8, 4) is 0 Å². The first-order valence-electron chi connectivity index (χ1n) is 27.8. The van der Waals surface area contributed by atoms with Crippen LogP contribution in [0.2, 0.25) is 0 Å². The SMILES string of the molecule is CCCC(NC(=O)OC(C)(C)C)C(=O)NC1OC(CO)C(OC2OC(CO)C(O)C(O)C2O)C(O)C1O.CCCC(NC(=O)OC(C)(C)C)C(=O)NC1OC(CO)C(OC2OC(CO)C(OC3OC(CO)C(O)C(O)C3O)C(O)C2O)C(O)C1O. The van der Waals surface area contributed by atoms with Gasteiger partial charge >= 0.3 is 12.2 Å². The van der Waals surface area contributed by atoms with Crippen molar-refractivity contribution in [2.75, 3.05) is 33.0 Å². The molecular formula is C50H90N4O31. The Morgan fingerprint density at radius 2 is 0.659 bits per heavy atom. The van der Waals surface area contributed by atoms with Gasteiger partial charge in [0.25, 0.3) is 0 Å². The van der Waals surface area contributed by atoms with E-state index >= 15 is 0 Å². The van der Waals surface area contributed by atoms with Crippen LogP contribution < -0.4 is 21.3 Å². The number of rotatable bonds is 21. The van der Waals surface area contributed by atoms with Gasteiger partial charge in [0.15, 0.2) is 31.3 Å². The van der Waals surface area contributed by atoms with Crippen molar-refractivity contribution in [2.45, 2.75) is 258 Å². The van der Waals surface area contributed by atoms with Crippen LogP contribution in [-0.2, 0) is 57.0 Å². The molecule has 0 aliphatic carbocycles. The number of ether oxygens (including phenoxy) is 10. The minimum absolute atomic E-state index is 0.179. The molecule has 5 aliphatic rings. The Morgan fingerprint density at radius 1 is 0.388 bits per heavy atom. The topological polar surface area (TPSA) is 553 Å². The van der Waals surface area contributed by atoms with Crippen LogP contribution in [0.3, 0.4) is 0 Å². The zero-order chi connectivity index (χ0) is 64.2. The van der Waals surface area contributed by atoms with Crippen LogP contribution in [0.4, 0.5) is 9.59 Å². The van der Waals surface area contributed by atoms with E-state index in [2.05, 4.69) is 21.3 Å². The number of hydrogen-bond donors (Lipinski definition) is 21. The van der Waals surface area contributed by atoms with Crippen molar-refractivity contribution in [2.24, 2.45) is 0 Å². The lowest BCUT2D eigenvalue weighted by Gasteiger charge is -2.48. The zero-order valence-electron chi connectivity index (χ0n) is 48.3. The van der Waals surface area contributed by atoms with Gasteiger partial charge in [-0.2, -0.15) is 0 Å². The summed E-state index contributed by atoms with van der Waals surface area (Å²) in [6.07, 6.45) is -42.3. The number of carbonyl (C=O) groups is 4. The molecule has 5 heterocycles. The second-order valence-corrected chi connectivity index (χ2v) is 22.9. The Hall–Kier alpha value is -3.52. The van der Waals surface area contributed by atoms with E-state index in [1.54, 1.807) is 55.4 Å². The molecule has 0 radical (unpaired) electrons. The predicted octanol–water partition coefficient (Wildman–Crippen LogP) is -9.34. The van der Waals surface area contributed by atoms with Crippen molar-refractivity contribution in [3.05, 3.63) is 0 Å². The molecule has 85 heavy (non-hydrogen) atoms. The highest BCUT2D eigenvalue weighted by Crippen LogP contribution is 2.33. The third kappa shape index (κ3) is 19.7. The highest BCUT2D eigenvalue weighted by Gasteiger charge is 2.55. The molecule has 5 aliphatic heterocycles. The molecule has 0 aromatic heterocycles. The van der Waals surface area contributed by atoms with Crippen LogP contribution >= 0.6 is 0 Å². The van der Waals surface area contributed by atoms with E-state index in [0.717, 1.165) is 0 Å². The van der Waals surface area contributed by atoms with Crippen LogP contribution in [0, 0.1) is 0 Å². The van der Waals surface area contributed by atoms with Crippen LogP contribution in [-0.4, -0.2) is 321 Å². The molecule has 0 aromatic rings. The van der Waals surface area contributed by atoms with Crippen LogP contribution in [0.25, 0.3) is 0 Å². The molecule has 0 spiro atoms. The summed E-state index contributed by atoms with van der Waals surface area (Å²) in [6, 6.07) is -2.16. The lowest BCUT2D eigenvalue weighted by Crippen LogP contribution is -2.68. The van der Waals surface area contributed by atoms with Gasteiger partial charge in [-0.25, -0.2) is 9.59 Å². The number of carbonyl (C=O) groups excluding carboxylic acids is 4. The lowest BCUT2D eigenvalue weighted by molar-refractivity contribution is -0.373. The number of aliphatic hydroxyl groups is 17. The fraction of sp³-hybridized carbons (Fsp3) is 0.920. The van der Waals surface area contributed by atoms with E-state index in [1.807, 2.05) is 0 Å². The highest BCUT2D eigenvalue weighted by atomic mass is 16.8. The number of hydrogen-bond acceptors (Lipinski definition) is 31. The molecule has 5 saturated heterocycles. The molecule has 27 unspecified atom stereocenters. The molecule has 0 aromatic carbocycles. The van der Waals surface area contributed by atoms with Gasteiger partial charge in [-0.1, -0.05) is 26.7 Å². The third-order valence-corrected chi connectivity index (χ3v) is 13.9. The summed E-state index contributed by atoms with van der Waals surface area (Å²) in [7, 11) is 0. The summed E-state index contributed by atoms with van der Waals surface area (Å²) in [4.78, 5) is 50.3. The molecule has 35 nitrogen and oxygen atoms in total. The van der Waals surface area contributed by atoms with Crippen LogP contribution in [0.1, 0.15) is 81.1 Å². The molecule has 27 atom stereocenters. The number of alkyl carbamates (subject to hydrolysis) is 2. The summed E-state index contributed by atoms with van der Waals surface area (Å²) in [6.45, 7) is 9.49. The Balaban J connectivity index is 0.000000377. The van der Waals surface area contributed by atoms with Gasteiger partial charge in [0.05, 0.1) is 33.0 Å². The molecule has 4 amide bonds. The first-order chi connectivity index (χ1) is 39.7. The first kappa shape index (κ1) is 73.9. The lowest BCUT2D eigenvalue weighted by atomic mass is 9.95. The van der Waals surface area contributed by atoms with Crippen molar-refractivity contribution in [3.63, 3.8) is 0 Å². The molecule has 21 N–H and O–H groups in total.